The fourth-order valence-corrected chi connectivity index (χ4v) is 3.28. The van der Waals surface area contributed by atoms with Crippen LogP contribution >= 0.6 is 0 Å². The van der Waals surface area contributed by atoms with Crippen LogP contribution in [-0.2, 0) is 31.1 Å². The van der Waals surface area contributed by atoms with Crippen LogP contribution < -0.4 is 5.32 Å². The normalized spacial score (nSPS) is 15.0. The summed E-state index contributed by atoms with van der Waals surface area (Å²) < 4.78 is 1.77. The molecule has 122 valence electrons. The minimum Gasteiger partial charge on any atom is -0.350 e. The van der Waals surface area contributed by atoms with Crippen molar-refractivity contribution in [3.05, 3.63) is 52.8 Å². The molecule has 1 aromatic carbocycles. The average molecular weight is 311 g/mol. The van der Waals surface area contributed by atoms with Crippen LogP contribution in [0.2, 0.25) is 0 Å². The molecule has 1 amide bonds. The maximum Gasteiger partial charge on any atom is 0.220 e. The van der Waals surface area contributed by atoms with Crippen molar-refractivity contribution in [2.24, 2.45) is 7.05 Å². The number of amides is 1. The number of carbonyl (C=O) groups excluding carboxylic acids is 1. The number of hydrogen-bond donors (Lipinski definition) is 1. The number of aryl methyl sites for hydroxylation is 4. The van der Waals surface area contributed by atoms with E-state index in [4.69, 9.17) is 0 Å². The zero-order valence-corrected chi connectivity index (χ0v) is 14.0. The molecular formula is C19H25N3O. The summed E-state index contributed by atoms with van der Waals surface area (Å²) >= 11 is 0. The van der Waals surface area contributed by atoms with E-state index in [0.29, 0.717) is 6.42 Å². The van der Waals surface area contributed by atoms with Crippen molar-refractivity contribution in [1.29, 1.82) is 0 Å². The molecule has 1 N–H and O–H groups in total. The van der Waals surface area contributed by atoms with Gasteiger partial charge in [0.2, 0.25) is 5.91 Å². The smallest absolute Gasteiger partial charge is 0.220 e. The Balaban J connectivity index is 1.55. The minimum absolute atomic E-state index is 0.0589. The average Bonchev–Trinajstić information content (AvgIpc) is 2.98. The van der Waals surface area contributed by atoms with Gasteiger partial charge < -0.3 is 5.32 Å². The van der Waals surface area contributed by atoms with Crippen LogP contribution in [0.15, 0.2) is 30.6 Å². The van der Waals surface area contributed by atoms with Gasteiger partial charge in [0.1, 0.15) is 0 Å². The molecule has 0 saturated heterocycles. The van der Waals surface area contributed by atoms with Gasteiger partial charge in [-0.05, 0) is 61.3 Å². The highest BCUT2D eigenvalue weighted by Crippen LogP contribution is 2.24. The van der Waals surface area contributed by atoms with E-state index in [2.05, 4.69) is 35.5 Å². The highest BCUT2D eigenvalue weighted by molar-refractivity contribution is 5.76. The van der Waals surface area contributed by atoms with Gasteiger partial charge in [-0.3, -0.25) is 9.48 Å². The van der Waals surface area contributed by atoms with Crippen LogP contribution in [-0.4, -0.2) is 15.7 Å². The fraction of sp³-hybridized carbons (Fsp3) is 0.474. The first-order chi connectivity index (χ1) is 11.1. The van der Waals surface area contributed by atoms with E-state index in [1.54, 1.807) is 4.68 Å². The van der Waals surface area contributed by atoms with Crippen molar-refractivity contribution in [3.63, 3.8) is 0 Å². The first kappa shape index (κ1) is 15.8. The Bertz CT molecular complexity index is 690. The number of nitrogens with one attached hydrogen (secondary N) is 1. The molecule has 0 spiro atoms. The van der Waals surface area contributed by atoms with Gasteiger partial charge in [-0.1, -0.05) is 18.2 Å². The van der Waals surface area contributed by atoms with Crippen molar-refractivity contribution >= 4 is 5.91 Å². The van der Waals surface area contributed by atoms with Gasteiger partial charge in [0.15, 0.2) is 0 Å². The number of nitrogens with zero attached hydrogens (tertiary/aromatic N) is 2. The first-order valence-corrected chi connectivity index (χ1v) is 8.50. The molecule has 0 radical (unpaired) electrons. The van der Waals surface area contributed by atoms with Crippen LogP contribution in [0.25, 0.3) is 0 Å². The van der Waals surface area contributed by atoms with Crippen LogP contribution in [0.5, 0.6) is 0 Å². The van der Waals surface area contributed by atoms with Crippen molar-refractivity contribution < 1.29 is 4.79 Å². The standard InChI is InChI=1S/C19H25N3O/c1-14(17-9-8-16-5-3-4-6-18(16)11-17)21-19(23)10-7-15-12-20-22(2)13-15/h8-9,11-14H,3-7,10H2,1-2H3,(H,21,23). The molecule has 4 nitrogen and oxygen atoms in total. The molecule has 1 heterocycles. The van der Waals surface area contributed by atoms with Gasteiger partial charge >= 0.3 is 0 Å². The Morgan fingerprint density at radius 3 is 2.83 bits per heavy atom. The lowest BCUT2D eigenvalue weighted by Gasteiger charge is -2.20. The number of benzene rings is 1. The number of rotatable bonds is 5. The van der Waals surface area contributed by atoms with E-state index in [1.807, 2.05) is 19.4 Å². The summed E-state index contributed by atoms with van der Waals surface area (Å²) in [5.41, 5.74) is 5.25. The maximum atomic E-state index is 12.2. The van der Waals surface area contributed by atoms with E-state index in [9.17, 15) is 4.79 Å². The molecule has 1 aliphatic rings. The summed E-state index contributed by atoms with van der Waals surface area (Å²) in [4.78, 5) is 12.2. The maximum absolute atomic E-state index is 12.2. The zero-order chi connectivity index (χ0) is 16.2. The van der Waals surface area contributed by atoms with Crippen LogP contribution in [0, 0.1) is 0 Å². The third kappa shape index (κ3) is 4.01. The summed E-state index contributed by atoms with van der Waals surface area (Å²) in [6.07, 6.45) is 9.96. The van der Waals surface area contributed by atoms with Gasteiger partial charge in [-0.15, -0.1) is 0 Å². The second-order valence-corrected chi connectivity index (χ2v) is 6.55. The van der Waals surface area contributed by atoms with Gasteiger partial charge in [-0.2, -0.15) is 5.10 Å². The Labute approximate surface area is 137 Å². The molecule has 2 aromatic rings. The molecule has 0 bridgehead atoms. The molecule has 4 heteroatoms. The minimum atomic E-state index is 0.0589. The van der Waals surface area contributed by atoms with Gasteiger partial charge in [0.05, 0.1) is 12.2 Å². The van der Waals surface area contributed by atoms with E-state index in [-0.39, 0.29) is 11.9 Å². The van der Waals surface area contributed by atoms with Crippen molar-refractivity contribution in [1.82, 2.24) is 15.1 Å². The largest absolute Gasteiger partial charge is 0.350 e. The summed E-state index contributed by atoms with van der Waals surface area (Å²) in [6.45, 7) is 2.06. The SMILES string of the molecule is CC(NC(=O)CCc1cnn(C)c1)c1ccc2c(c1)CCCC2. The summed E-state index contributed by atoms with van der Waals surface area (Å²) in [6, 6.07) is 6.74. The predicted octanol–water partition coefficient (Wildman–Crippen LogP) is 3.11. The Kier molecular flexibility index (Phi) is 4.79. The van der Waals surface area contributed by atoms with Gasteiger partial charge in [0.25, 0.3) is 0 Å². The monoisotopic (exact) mass is 311 g/mol. The lowest BCUT2D eigenvalue weighted by molar-refractivity contribution is -0.121. The van der Waals surface area contributed by atoms with E-state index in [1.165, 1.54) is 42.4 Å². The lowest BCUT2D eigenvalue weighted by atomic mass is 9.89. The van der Waals surface area contributed by atoms with Crippen LogP contribution in [0.1, 0.15) is 54.5 Å². The van der Waals surface area contributed by atoms with Crippen LogP contribution in [0.4, 0.5) is 0 Å². The quantitative estimate of drug-likeness (QED) is 0.922. The second kappa shape index (κ2) is 6.99. The Hall–Kier alpha value is -2.10. The highest BCUT2D eigenvalue weighted by Gasteiger charge is 2.14. The summed E-state index contributed by atoms with van der Waals surface area (Å²) in [5.74, 6) is 0.0964. The molecule has 23 heavy (non-hydrogen) atoms. The van der Waals surface area contributed by atoms with Crippen molar-refractivity contribution in [2.75, 3.05) is 0 Å². The molecule has 0 saturated carbocycles. The number of hydrogen-bond acceptors (Lipinski definition) is 2. The van der Waals surface area contributed by atoms with Crippen molar-refractivity contribution in [3.8, 4) is 0 Å². The number of fused-ring (bicyclic) bond motifs is 1. The number of aromatic nitrogens is 2. The zero-order valence-electron chi connectivity index (χ0n) is 14.0. The van der Waals surface area contributed by atoms with E-state index < -0.39 is 0 Å². The van der Waals surface area contributed by atoms with E-state index >= 15 is 0 Å². The molecule has 3 rings (SSSR count). The van der Waals surface area contributed by atoms with E-state index in [0.717, 1.165) is 12.0 Å². The van der Waals surface area contributed by atoms with Gasteiger partial charge in [-0.25, -0.2) is 0 Å². The highest BCUT2D eigenvalue weighted by atomic mass is 16.1. The molecule has 0 aliphatic heterocycles. The molecule has 1 aliphatic carbocycles. The molecule has 0 fully saturated rings. The number of carbonyl (C=O) groups is 1. The fourth-order valence-electron chi connectivity index (χ4n) is 3.28. The molecule has 1 unspecified atom stereocenters. The van der Waals surface area contributed by atoms with Crippen molar-refractivity contribution in [2.45, 2.75) is 51.5 Å². The van der Waals surface area contributed by atoms with Gasteiger partial charge in [0, 0.05) is 19.7 Å². The third-order valence-electron chi connectivity index (χ3n) is 4.65. The topological polar surface area (TPSA) is 46.9 Å². The summed E-state index contributed by atoms with van der Waals surface area (Å²) in [7, 11) is 1.89. The lowest BCUT2D eigenvalue weighted by Crippen LogP contribution is -2.27. The molecular weight excluding hydrogens is 286 g/mol. The Morgan fingerprint density at radius 1 is 1.30 bits per heavy atom. The second-order valence-electron chi connectivity index (χ2n) is 6.55. The summed E-state index contributed by atoms with van der Waals surface area (Å²) in [5, 5.41) is 7.24. The third-order valence-corrected chi connectivity index (χ3v) is 4.65. The predicted molar refractivity (Wildman–Crippen MR) is 91.2 cm³/mol. The molecule has 1 aromatic heterocycles. The molecule has 1 atom stereocenters. The van der Waals surface area contributed by atoms with Crippen LogP contribution in [0.3, 0.4) is 0 Å². The first-order valence-electron chi connectivity index (χ1n) is 8.50. The Morgan fingerprint density at radius 2 is 2.09 bits per heavy atom.